The molecule has 0 bridgehead atoms. The molecule has 24 heavy (non-hydrogen) atoms. The summed E-state index contributed by atoms with van der Waals surface area (Å²) < 4.78 is 9.64. The number of nitrogens with zero attached hydrogens (tertiary/aromatic N) is 5. The van der Waals surface area contributed by atoms with Crippen molar-refractivity contribution in [1.82, 2.24) is 29.6 Å². The Kier molecular flexibility index (Phi) is 3.44. The molecule has 0 radical (unpaired) electrons. The average Bonchev–Trinajstić information content (AvgIpc) is 3.19. The molecule has 124 valence electrons. The second-order valence-electron chi connectivity index (χ2n) is 6.03. The van der Waals surface area contributed by atoms with Crippen molar-refractivity contribution in [3.8, 4) is 11.5 Å². The quantitative estimate of drug-likeness (QED) is 0.852. The van der Waals surface area contributed by atoms with Gasteiger partial charge in [-0.3, -0.25) is 0 Å². The molecule has 0 fully saturated rings. The molecule has 0 aliphatic carbocycles. The molecule has 1 unspecified atom stereocenters. The van der Waals surface area contributed by atoms with Gasteiger partial charge in [0.05, 0.1) is 12.1 Å². The van der Waals surface area contributed by atoms with Crippen LogP contribution in [0.2, 0.25) is 0 Å². The van der Waals surface area contributed by atoms with Crippen molar-refractivity contribution in [2.75, 3.05) is 6.61 Å². The standard InChI is InChI=1S/C16H18N6O2/c1-10(2)22-16(18-9-19-22)13-7-21-3-4-24-14-6-17-11(8-23)5-12(14)15(21)20-13/h5-11,17H,3-4H2,1-2H3. The van der Waals surface area contributed by atoms with Crippen LogP contribution in [0.5, 0.6) is 0 Å². The number of aldehydes is 1. The maximum atomic E-state index is 11.1. The lowest BCUT2D eigenvalue weighted by molar-refractivity contribution is -0.108. The molecule has 0 saturated carbocycles. The Balaban J connectivity index is 1.81. The molecule has 0 spiro atoms. The number of nitrogens with one attached hydrogen (secondary N) is 1. The lowest BCUT2D eigenvalue weighted by Gasteiger charge is -2.17. The highest BCUT2D eigenvalue weighted by molar-refractivity contribution is 5.80. The second kappa shape index (κ2) is 5.63. The Morgan fingerprint density at radius 2 is 2.29 bits per heavy atom. The minimum atomic E-state index is -0.377. The first-order valence-corrected chi connectivity index (χ1v) is 7.91. The summed E-state index contributed by atoms with van der Waals surface area (Å²) in [6.07, 6.45) is 7.93. The van der Waals surface area contributed by atoms with E-state index >= 15 is 0 Å². The minimum absolute atomic E-state index is 0.195. The topological polar surface area (TPSA) is 86.9 Å². The molecular weight excluding hydrogens is 308 g/mol. The molecule has 0 amide bonds. The molecule has 0 aromatic carbocycles. The minimum Gasteiger partial charge on any atom is -0.489 e. The van der Waals surface area contributed by atoms with Gasteiger partial charge in [-0.1, -0.05) is 0 Å². The lowest BCUT2D eigenvalue weighted by Crippen LogP contribution is -2.28. The lowest BCUT2D eigenvalue weighted by atomic mass is 10.1. The molecule has 1 atom stereocenters. The van der Waals surface area contributed by atoms with Crippen LogP contribution in [0, 0.1) is 0 Å². The van der Waals surface area contributed by atoms with Crippen molar-refractivity contribution in [2.24, 2.45) is 0 Å². The van der Waals surface area contributed by atoms with E-state index in [9.17, 15) is 4.79 Å². The summed E-state index contributed by atoms with van der Waals surface area (Å²) in [5.74, 6) is 2.22. The fourth-order valence-corrected chi connectivity index (χ4v) is 2.92. The molecule has 4 heterocycles. The van der Waals surface area contributed by atoms with Crippen molar-refractivity contribution in [1.29, 1.82) is 0 Å². The molecule has 2 aromatic heterocycles. The number of aromatic nitrogens is 5. The second-order valence-corrected chi connectivity index (χ2v) is 6.03. The van der Waals surface area contributed by atoms with Crippen LogP contribution in [0.4, 0.5) is 0 Å². The largest absolute Gasteiger partial charge is 0.489 e. The Morgan fingerprint density at radius 3 is 3.08 bits per heavy atom. The summed E-state index contributed by atoms with van der Waals surface area (Å²) in [6, 6.07) is -0.182. The smallest absolute Gasteiger partial charge is 0.178 e. The van der Waals surface area contributed by atoms with Crippen molar-refractivity contribution >= 4 is 11.9 Å². The number of fused-ring (bicyclic) bond motifs is 3. The summed E-state index contributed by atoms with van der Waals surface area (Å²) in [5, 5.41) is 7.26. The van der Waals surface area contributed by atoms with E-state index in [0.29, 0.717) is 18.9 Å². The highest BCUT2D eigenvalue weighted by atomic mass is 16.5. The van der Waals surface area contributed by atoms with Gasteiger partial charge in [0, 0.05) is 18.4 Å². The molecule has 0 saturated heterocycles. The van der Waals surface area contributed by atoms with Crippen molar-refractivity contribution in [2.45, 2.75) is 32.5 Å². The number of ether oxygens (including phenoxy) is 1. The first-order valence-electron chi connectivity index (χ1n) is 7.91. The first kappa shape index (κ1) is 14.7. The van der Waals surface area contributed by atoms with Gasteiger partial charge < -0.3 is 19.4 Å². The highest BCUT2D eigenvalue weighted by Crippen LogP contribution is 2.31. The summed E-state index contributed by atoms with van der Waals surface area (Å²) in [4.78, 5) is 20.2. The van der Waals surface area contributed by atoms with Crippen LogP contribution in [-0.2, 0) is 16.1 Å². The maximum Gasteiger partial charge on any atom is 0.178 e. The summed E-state index contributed by atoms with van der Waals surface area (Å²) in [6.45, 7) is 5.32. The normalized spacial score (nSPS) is 19.4. The number of dihydropyridines is 1. The van der Waals surface area contributed by atoms with E-state index in [2.05, 4.69) is 29.2 Å². The van der Waals surface area contributed by atoms with Gasteiger partial charge in [0.15, 0.2) is 5.82 Å². The Bertz CT molecular complexity index is 845. The number of imidazole rings is 1. The third-order valence-corrected chi connectivity index (χ3v) is 4.06. The maximum absolute atomic E-state index is 11.1. The van der Waals surface area contributed by atoms with Crippen LogP contribution in [0.25, 0.3) is 17.1 Å². The van der Waals surface area contributed by atoms with Crippen LogP contribution >= 0.6 is 0 Å². The molecule has 4 rings (SSSR count). The van der Waals surface area contributed by atoms with Gasteiger partial charge in [-0.05, 0) is 19.9 Å². The van der Waals surface area contributed by atoms with Crippen molar-refractivity contribution in [3.05, 3.63) is 36.4 Å². The first-order chi connectivity index (χ1) is 11.7. The van der Waals surface area contributed by atoms with Gasteiger partial charge in [-0.15, -0.1) is 0 Å². The van der Waals surface area contributed by atoms with Crippen LogP contribution in [0.3, 0.4) is 0 Å². The summed E-state index contributed by atoms with van der Waals surface area (Å²) in [5.41, 5.74) is 1.59. The van der Waals surface area contributed by atoms with Gasteiger partial charge in [0.1, 0.15) is 42.5 Å². The van der Waals surface area contributed by atoms with Crippen LogP contribution < -0.4 is 5.32 Å². The van der Waals surface area contributed by atoms with Crippen LogP contribution in [0.1, 0.15) is 25.7 Å². The van der Waals surface area contributed by atoms with Gasteiger partial charge in [0.25, 0.3) is 0 Å². The van der Waals surface area contributed by atoms with E-state index in [1.54, 1.807) is 12.5 Å². The third-order valence-electron chi connectivity index (χ3n) is 4.06. The predicted molar refractivity (Wildman–Crippen MR) is 86.6 cm³/mol. The molecule has 8 heteroatoms. The summed E-state index contributed by atoms with van der Waals surface area (Å²) >= 11 is 0. The van der Waals surface area contributed by atoms with E-state index in [-0.39, 0.29) is 12.1 Å². The van der Waals surface area contributed by atoms with E-state index in [1.165, 1.54) is 0 Å². The van der Waals surface area contributed by atoms with E-state index in [1.807, 2.05) is 21.5 Å². The van der Waals surface area contributed by atoms with Gasteiger partial charge in [0.2, 0.25) is 0 Å². The number of hydrogen-bond donors (Lipinski definition) is 1. The fraction of sp³-hybridized carbons (Fsp3) is 0.375. The monoisotopic (exact) mass is 326 g/mol. The zero-order chi connectivity index (χ0) is 16.7. The van der Waals surface area contributed by atoms with Gasteiger partial charge >= 0.3 is 0 Å². The predicted octanol–water partition coefficient (Wildman–Crippen LogP) is 1.15. The van der Waals surface area contributed by atoms with Gasteiger partial charge in [-0.2, -0.15) is 5.10 Å². The number of hydrogen-bond acceptors (Lipinski definition) is 6. The van der Waals surface area contributed by atoms with Crippen molar-refractivity contribution in [3.63, 3.8) is 0 Å². The Hall–Kier alpha value is -2.90. The van der Waals surface area contributed by atoms with E-state index < -0.39 is 0 Å². The Morgan fingerprint density at radius 1 is 1.42 bits per heavy atom. The van der Waals surface area contributed by atoms with Crippen LogP contribution in [0.15, 0.2) is 30.6 Å². The molecular formula is C16H18N6O2. The number of carbonyl (C=O) groups is 1. The van der Waals surface area contributed by atoms with E-state index in [4.69, 9.17) is 9.72 Å². The van der Waals surface area contributed by atoms with E-state index in [0.717, 1.165) is 29.2 Å². The zero-order valence-electron chi connectivity index (χ0n) is 13.5. The molecule has 2 aliphatic rings. The molecule has 8 nitrogen and oxygen atoms in total. The molecule has 2 aliphatic heterocycles. The summed E-state index contributed by atoms with van der Waals surface area (Å²) in [7, 11) is 0. The van der Waals surface area contributed by atoms with Crippen molar-refractivity contribution < 1.29 is 9.53 Å². The Labute approximate surface area is 138 Å². The van der Waals surface area contributed by atoms with Crippen LogP contribution in [-0.4, -0.2) is 43.3 Å². The number of allylic oxidation sites excluding steroid dienone is 1. The third kappa shape index (κ3) is 2.31. The average molecular weight is 326 g/mol. The number of rotatable bonds is 3. The van der Waals surface area contributed by atoms with Gasteiger partial charge in [-0.25, -0.2) is 14.6 Å². The molecule has 1 N–H and O–H groups in total. The zero-order valence-corrected chi connectivity index (χ0v) is 13.5. The molecule has 2 aromatic rings. The SMILES string of the molecule is CC(C)n1ncnc1-c1cn2c(n1)C1=CC(C=O)NC=C1OCC2. The fourth-order valence-electron chi connectivity index (χ4n) is 2.92. The highest BCUT2D eigenvalue weighted by Gasteiger charge is 2.26. The number of carbonyl (C=O) groups excluding carboxylic acids is 1.